The Labute approximate surface area is 132 Å². The minimum absolute atomic E-state index is 0.329. The first kappa shape index (κ1) is 15.4. The number of methoxy groups -OCH3 is 2. The Bertz CT molecular complexity index is 626. The normalized spacial score (nSPS) is 10.0. The number of hydrogen-bond acceptors (Lipinski definition) is 4. The molecule has 2 aromatic rings. The topological polar surface area (TPSA) is 47.6 Å². The number of esters is 1. The summed E-state index contributed by atoms with van der Waals surface area (Å²) in [5.74, 6) is 0.465. The zero-order chi connectivity index (χ0) is 15.2. The van der Waals surface area contributed by atoms with E-state index in [1.807, 2.05) is 30.3 Å². The quantitative estimate of drug-likeness (QED) is 0.832. The standard InChI is InChI=1S/C16H16BrNO3/c1-20-13-7-8-14(17)15(9-13)18-10-11-3-5-12(6-4-11)16(19)21-2/h3-9,18H,10H2,1-2H3. The molecule has 0 aliphatic rings. The van der Waals surface area contributed by atoms with E-state index in [4.69, 9.17) is 4.74 Å². The van der Waals surface area contributed by atoms with Crippen molar-refractivity contribution in [3.05, 3.63) is 58.1 Å². The van der Waals surface area contributed by atoms with E-state index in [9.17, 15) is 4.79 Å². The zero-order valence-electron chi connectivity index (χ0n) is 11.9. The fourth-order valence-electron chi connectivity index (χ4n) is 1.84. The van der Waals surface area contributed by atoms with Crippen molar-refractivity contribution >= 4 is 27.6 Å². The largest absolute Gasteiger partial charge is 0.497 e. The van der Waals surface area contributed by atoms with Gasteiger partial charge in [0.05, 0.1) is 25.5 Å². The molecule has 21 heavy (non-hydrogen) atoms. The van der Waals surface area contributed by atoms with Crippen molar-refractivity contribution in [2.45, 2.75) is 6.54 Å². The summed E-state index contributed by atoms with van der Waals surface area (Å²) in [5.41, 5.74) is 2.56. The Morgan fingerprint density at radius 2 is 1.86 bits per heavy atom. The van der Waals surface area contributed by atoms with E-state index >= 15 is 0 Å². The lowest BCUT2D eigenvalue weighted by molar-refractivity contribution is 0.0600. The van der Waals surface area contributed by atoms with Crippen molar-refractivity contribution < 1.29 is 14.3 Å². The van der Waals surface area contributed by atoms with Gasteiger partial charge in [-0.25, -0.2) is 4.79 Å². The van der Waals surface area contributed by atoms with E-state index in [-0.39, 0.29) is 5.97 Å². The molecule has 0 spiro atoms. The van der Waals surface area contributed by atoms with Crippen LogP contribution < -0.4 is 10.1 Å². The highest BCUT2D eigenvalue weighted by Crippen LogP contribution is 2.27. The van der Waals surface area contributed by atoms with Gasteiger partial charge in [0, 0.05) is 17.1 Å². The number of carbonyl (C=O) groups excluding carboxylic acids is 1. The number of rotatable bonds is 5. The van der Waals surface area contributed by atoms with Gasteiger partial charge in [-0.05, 0) is 45.8 Å². The first-order chi connectivity index (χ1) is 10.1. The number of ether oxygens (including phenoxy) is 2. The maximum Gasteiger partial charge on any atom is 0.337 e. The summed E-state index contributed by atoms with van der Waals surface area (Å²) in [6.45, 7) is 0.646. The fraction of sp³-hybridized carbons (Fsp3) is 0.188. The van der Waals surface area contributed by atoms with Gasteiger partial charge < -0.3 is 14.8 Å². The number of hydrogen-bond donors (Lipinski definition) is 1. The van der Waals surface area contributed by atoms with Gasteiger partial charge in [-0.2, -0.15) is 0 Å². The van der Waals surface area contributed by atoms with E-state index in [1.54, 1.807) is 19.2 Å². The third-order valence-corrected chi connectivity index (χ3v) is 3.72. The molecule has 0 heterocycles. The lowest BCUT2D eigenvalue weighted by atomic mass is 10.1. The monoisotopic (exact) mass is 349 g/mol. The van der Waals surface area contributed by atoms with Crippen LogP contribution in [-0.4, -0.2) is 20.2 Å². The van der Waals surface area contributed by atoms with Crippen molar-refractivity contribution in [2.75, 3.05) is 19.5 Å². The fourth-order valence-corrected chi connectivity index (χ4v) is 2.23. The number of carbonyl (C=O) groups is 1. The summed E-state index contributed by atoms with van der Waals surface area (Å²) in [7, 11) is 3.01. The maximum atomic E-state index is 11.4. The van der Waals surface area contributed by atoms with Gasteiger partial charge in [0.25, 0.3) is 0 Å². The minimum atomic E-state index is -0.329. The highest BCUT2D eigenvalue weighted by molar-refractivity contribution is 9.10. The molecule has 0 aliphatic carbocycles. The Balaban J connectivity index is 2.04. The lowest BCUT2D eigenvalue weighted by Gasteiger charge is -2.10. The molecule has 0 fully saturated rings. The van der Waals surface area contributed by atoms with Gasteiger partial charge in [-0.15, -0.1) is 0 Å². The molecule has 0 aliphatic heterocycles. The van der Waals surface area contributed by atoms with E-state index in [2.05, 4.69) is 26.0 Å². The summed E-state index contributed by atoms with van der Waals surface area (Å²) < 4.78 is 10.8. The molecule has 110 valence electrons. The van der Waals surface area contributed by atoms with Crippen LogP contribution in [0, 0.1) is 0 Å². The molecule has 0 bridgehead atoms. The first-order valence-corrected chi connectivity index (χ1v) is 7.18. The van der Waals surface area contributed by atoms with Crippen molar-refractivity contribution in [3.8, 4) is 5.75 Å². The van der Waals surface area contributed by atoms with Gasteiger partial charge in [0.2, 0.25) is 0 Å². The second-order valence-electron chi connectivity index (χ2n) is 4.39. The van der Waals surface area contributed by atoms with Crippen LogP contribution in [0.1, 0.15) is 15.9 Å². The van der Waals surface area contributed by atoms with Crippen molar-refractivity contribution in [1.82, 2.24) is 0 Å². The molecule has 0 saturated heterocycles. The molecule has 0 radical (unpaired) electrons. The van der Waals surface area contributed by atoms with Gasteiger partial charge in [0.1, 0.15) is 5.75 Å². The van der Waals surface area contributed by atoms with Crippen LogP contribution in [0.2, 0.25) is 0 Å². The average Bonchev–Trinajstić information content (AvgIpc) is 2.54. The third-order valence-electron chi connectivity index (χ3n) is 3.03. The molecule has 5 heteroatoms. The summed E-state index contributed by atoms with van der Waals surface area (Å²) in [5, 5.41) is 3.32. The maximum absolute atomic E-state index is 11.4. The minimum Gasteiger partial charge on any atom is -0.497 e. The molecule has 2 rings (SSSR count). The number of anilines is 1. The van der Waals surface area contributed by atoms with E-state index < -0.39 is 0 Å². The predicted octanol–water partition coefficient (Wildman–Crippen LogP) is 3.86. The third kappa shape index (κ3) is 3.98. The Kier molecular flexibility index (Phi) is 5.22. The van der Waals surface area contributed by atoms with Gasteiger partial charge in [-0.1, -0.05) is 12.1 Å². The summed E-state index contributed by atoms with van der Waals surface area (Å²) in [4.78, 5) is 11.4. The van der Waals surface area contributed by atoms with Crippen LogP contribution in [-0.2, 0) is 11.3 Å². The molecule has 0 saturated carbocycles. The van der Waals surface area contributed by atoms with Crippen LogP contribution in [0.4, 0.5) is 5.69 Å². The van der Waals surface area contributed by atoms with Crippen LogP contribution in [0.25, 0.3) is 0 Å². The molecular formula is C16H16BrNO3. The molecule has 0 amide bonds. The smallest absolute Gasteiger partial charge is 0.337 e. The van der Waals surface area contributed by atoms with E-state index in [0.29, 0.717) is 12.1 Å². The Hall–Kier alpha value is -2.01. The predicted molar refractivity (Wildman–Crippen MR) is 85.8 cm³/mol. The second-order valence-corrected chi connectivity index (χ2v) is 5.24. The zero-order valence-corrected chi connectivity index (χ0v) is 13.4. The van der Waals surface area contributed by atoms with Gasteiger partial charge in [-0.3, -0.25) is 0 Å². The van der Waals surface area contributed by atoms with Crippen LogP contribution in [0.3, 0.4) is 0 Å². The molecule has 0 aromatic heterocycles. The summed E-state index contributed by atoms with van der Waals surface area (Å²) in [6, 6.07) is 13.0. The second kappa shape index (κ2) is 7.13. The molecule has 2 aromatic carbocycles. The van der Waals surface area contributed by atoms with Crippen molar-refractivity contribution in [2.24, 2.45) is 0 Å². The summed E-state index contributed by atoms with van der Waals surface area (Å²) >= 11 is 3.49. The Morgan fingerprint density at radius 1 is 1.14 bits per heavy atom. The van der Waals surface area contributed by atoms with Crippen LogP contribution in [0.5, 0.6) is 5.75 Å². The molecule has 0 unspecified atom stereocenters. The van der Waals surface area contributed by atoms with Crippen molar-refractivity contribution in [3.63, 3.8) is 0 Å². The van der Waals surface area contributed by atoms with Crippen LogP contribution in [0.15, 0.2) is 46.9 Å². The molecular weight excluding hydrogens is 334 g/mol. The molecule has 1 N–H and O–H groups in total. The van der Waals surface area contributed by atoms with Crippen molar-refractivity contribution in [1.29, 1.82) is 0 Å². The molecule has 0 atom stereocenters. The highest BCUT2D eigenvalue weighted by Gasteiger charge is 2.05. The Morgan fingerprint density at radius 3 is 2.48 bits per heavy atom. The molecule has 4 nitrogen and oxygen atoms in total. The SMILES string of the molecule is COC(=O)c1ccc(CNc2cc(OC)ccc2Br)cc1. The highest BCUT2D eigenvalue weighted by atomic mass is 79.9. The average molecular weight is 350 g/mol. The number of halogens is 1. The first-order valence-electron chi connectivity index (χ1n) is 6.38. The van der Waals surface area contributed by atoms with E-state index in [0.717, 1.165) is 21.5 Å². The van der Waals surface area contributed by atoms with E-state index in [1.165, 1.54) is 7.11 Å². The van der Waals surface area contributed by atoms with Gasteiger partial charge >= 0.3 is 5.97 Å². The van der Waals surface area contributed by atoms with Crippen LogP contribution >= 0.6 is 15.9 Å². The van der Waals surface area contributed by atoms with Gasteiger partial charge in [0.15, 0.2) is 0 Å². The number of nitrogens with one attached hydrogen (secondary N) is 1. The number of benzene rings is 2. The lowest BCUT2D eigenvalue weighted by Crippen LogP contribution is -2.03. The summed E-state index contributed by atoms with van der Waals surface area (Å²) in [6.07, 6.45) is 0.